The number of hydrogen-bond acceptors (Lipinski definition) is 3. The van der Waals surface area contributed by atoms with E-state index < -0.39 is 0 Å². The molecule has 106 valence electrons. The highest BCUT2D eigenvalue weighted by molar-refractivity contribution is 4.99. The maximum absolute atomic E-state index is 6.18. The molecule has 0 saturated carbocycles. The lowest BCUT2D eigenvalue weighted by Gasteiger charge is -2.52. The molecule has 2 fully saturated rings. The molecule has 2 N–H and O–H groups in total. The molecule has 0 aromatic rings. The van der Waals surface area contributed by atoms with E-state index in [9.17, 15) is 0 Å². The van der Waals surface area contributed by atoms with E-state index in [1.165, 1.54) is 25.9 Å². The molecule has 0 aliphatic carbocycles. The predicted molar refractivity (Wildman–Crippen MR) is 75.6 cm³/mol. The molecule has 2 rings (SSSR count). The molecule has 2 atom stereocenters. The Morgan fingerprint density at radius 3 is 2.72 bits per heavy atom. The molecular weight excluding hydrogens is 224 g/mol. The quantitative estimate of drug-likeness (QED) is 0.840. The van der Waals surface area contributed by atoms with Gasteiger partial charge < -0.3 is 10.5 Å². The van der Waals surface area contributed by atoms with E-state index in [0.717, 1.165) is 32.4 Å². The fraction of sp³-hybridized carbons (Fsp3) is 1.00. The van der Waals surface area contributed by atoms with E-state index >= 15 is 0 Å². The highest BCUT2D eigenvalue weighted by Crippen LogP contribution is 2.38. The topological polar surface area (TPSA) is 38.5 Å². The van der Waals surface area contributed by atoms with Crippen molar-refractivity contribution < 1.29 is 4.74 Å². The van der Waals surface area contributed by atoms with E-state index in [2.05, 4.69) is 25.7 Å². The van der Waals surface area contributed by atoms with Crippen molar-refractivity contribution in [3.8, 4) is 0 Å². The van der Waals surface area contributed by atoms with Crippen molar-refractivity contribution in [2.75, 3.05) is 26.2 Å². The summed E-state index contributed by atoms with van der Waals surface area (Å²) in [6.45, 7) is 11.1. The lowest BCUT2D eigenvalue weighted by molar-refractivity contribution is -0.0892. The molecule has 3 heteroatoms. The zero-order valence-electron chi connectivity index (χ0n) is 12.4. The Morgan fingerprint density at radius 2 is 2.11 bits per heavy atom. The van der Waals surface area contributed by atoms with Crippen molar-refractivity contribution in [1.82, 2.24) is 4.90 Å². The summed E-state index contributed by atoms with van der Waals surface area (Å²) in [4.78, 5) is 2.68. The van der Waals surface area contributed by atoms with E-state index in [1.54, 1.807) is 0 Å². The first-order chi connectivity index (χ1) is 8.51. The molecule has 0 spiro atoms. The van der Waals surface area contributed by atoms with Crippen LogP contribution in [-0.2, 0) is 4.74 Å². The van der Waals surface area contributed by atoms with Gasteiger partial charge in [0.05, 0.1) is 6.10 Å². The van der Waals surface area contributed by atoms with Crippen LogP contribution < -0.4 is 5.73 Å². The molecule has 0 amide bonds. The van der Waals surface area contributed by atoms with Crippen LogP contribution in [-0.4, -0.2) is 42.8 Å². The van der Waals surface area contributed by atoms with Crippen molar-refractivity contribution in [2.45, 2.75) is 64.5 Å². The number of likely N-dealkylation sites (tertiary alicyclic amines) is 1. The first kappa shape index (κ1) is 14.3. The minimum Gasteiger partial charge on any atom is -0.378 e. The number of ether oxygens (including phenoxy) is 1. The molecule has 2 aliphatic heterocycles. The van der Waals surface area contributed by atoms with E-state index in [4.69, 9.17) is 10.5 Å². The average molecular weight is 254 g/mol. The van der Waals surface area contributed by atoms with Crippen LogP contribution in [0.2, 0.25) is 0 Å². The second-order valence-corrected chi connectivity index (χ2v) is 6.97. The first-order valence-electron chi connectivity index (χ1n) is 7.58. The van der Waals surface area contributed by atoms with Crippen LogP contribution in [0.4, 0.5) is 0 Å². The smallest absolute Gasteiger partial charge is 0.0590 e. The maximum Gasteiger partial charge on any atom is 0.0590 e. The Labute approximate surface area is 112 Å². The molecule has 0 aromatic carbocycles. The standard InChI is InChI=1S/C15H30N2O/c1-4-13-10-15(11-16,7-9-18-13)17-8-5-6-14(2,3)12-17/h13H,4-12,16H2,1-3H3. The molecule has 0 radical (unpaired) electrons. The normalized spacial score (nSPS) is 37.7. The Morgan fingerprint density at radius 1 is 1.33 bits per heavy atom. The Kier molecular flexibility index (Phi) is 4.35. The molecule has 2 aliphatic rings. The predicted octanol–water partition coefficient (Wildman–Crippen LogP) is 2.39. The van der Waals surface area contributed by atoms with Crippen molar-refractivity contribution in [3.05, 3.63) is 0 Å². The van der Waals surface area contributed by atoms with Gasteiger partial charge >= 0.3 is 0 Å². The molecular formula is C15H30N2O. The lowest BCUT2D eigenvalue weighted by atomic mass is 9.77. The van der Waals surface area contributed by atoms with Gasteiger partial charge in [-0.05, 0) is 44.1 Å². The zero-order chi connectivity index (χ0) is 13.2. The van der Waals surface area contributed by atoms with Gasteiger partial charge in [-0.15, -0.1) is 0 Å². The van der Waals surface area contributed by atoms with Crippen LogP contribution >= 0.6 is 0 Å². The monoisotopic (exact) mass is 254 g/mol. The highest BCUT2D eigenvalue weighted by Gasteiger charge is 2.43. The van der Waals surface area contributed by atoms with Crippen LogP contribution in [0.3, 0.4) is 0 Å². The fourth-order valence-electron chi connectivity index (χ4n) is 3.69. The summed E-state index contributed by atoms with van der Waals surface area (Å²) in [5, 5.41) is 0. The number of nitrogens with two attached hydrogens (primary N) is 1. The van der Waals surface area contributed by atoms with Gasteiger partial charge in [0.1, 0.15) is 0 Å². The molecule has 2 heterocycles. The molecule has 3 nitrogen and oxygen atoms in total. The second kappa shape index (κ2) is 5.48. The largest absolute Gasteiger partial charge is 0.378 e. The first-order valence-corrected chi connectivity index (χ1v) is 7.58. The van der Waals surface area contributed by atoms with Gasteiger partial charge in [0, 0.05) is 25.2 Å². The Balaban J connectivity index is 2.11. The minimum absolute atomic E-state index is 0.205. The van der Waals surface area contributed by atoms with E-state index in [0.29, 0.717) is 11.5 Å². The zero-order valence-corrected chi connectivity index (χ0v) is 12.4. The molecule has 2 saturated heterocycles. The van der Waals surface area contributed by atoms with Gasteiger partial charge in [-0.2, -0.15) is 0 Å². The van der Waals surface area contributed by atoms with Crippen LogP contribution in [0.25, 0.3) is 0 Å². The fourth-order valence-corrected chi connectivity index (χ4v) is 3.69. The average Bonchev–Trinajstić information content (AvgIpc) is 2.37. The number of nitrogens with zero attached hydrogens (tertiary/aromatic N) is 1. The number of hydrogen-bond donors (Lipinski definition) is 1. The lowest BCUT2D eigenvalue weighted by Crippen LogP contribution is -2.61. The maximum atomic E-state index is 6.18. The minimum atomic E-state index is 0.205. The van der Waals surface area contributed by atoms with Crippen molar-refractivity contribution in [3.63, 3.8) is 0 Å². The summed E-state index contributed by atoms with van der Waals surface area (Å²) in [7, 11) is 0. The van der Waals surface area contributed by atoms with Gasteiger partial charge in [-0.25, -0.2) is 0 Å². The van der Waals surface area contributed by atoms with Gasteiger partial charge in [0.25, 0.3) is 0 Å². The summed E-state index contributed by atoms with van der Waals surface area (Å²) in [6, 6.07) is 0. The third-order valence-corrected chi connectivity index (χ3v) is 4.94. The van der Waals surface area contributed by atoms with Crippen LogP contribution in [0.15, 0.2) is 0 Å². The Hall–Kier alpha value is -0.120. The molecule has 0 aromatic heterocycles. The van der Waals surface area contributed by atoms with Crippen molar-refractivity contribution >= 4 is 0 Å². The summed E-state index contributed by atoms with van der Waals surface area (Å²) in [5.74, 6) is 0. The van der Waals surface area contributed by atoms with E-state index in [1.807, 2.05) is 0 Å². The number of piperidine rings is 1. The van der Waals surface area contributed by atoms with Crippen molar-refractivity contribution in [1.29, 1.82) is 0 Å². The third kappa shape index (κ3) is 2.89. The van der Waals surface area contributed by atoms with Crippen LogP contribution in [0.1, 0.15) is 52.9 Å². The second-order valence-electron chi connectivity index (χ2n) is 6.97. The summed E-state index contributed by atoms with van der Waals surface area (Å²) >= 11 is 0. The van der Waals surface area contributed by atoms with Gasteiger partial charge in [0.2, 0.25) is 0 Å². The SMILES string of the molecule is CCC1CC(CN)(N2CCCC(C)(C)C2)CCO1. The highest BCUT2D eigenvalue weighted by atomic mass is 16.5. The summed E-state index contributed by atoms with van der Waals surface area (Å²) in [6.07, 6.45) is 6.41. The Bertz CT molecular complexity index is 280. The molecule has 2 unspecified atom stereocenters. The summed E-state index contributed by atoms with van der Waals surface area (Å²) in [5.41, 5.74) is 6.83. The van der Waals surface area contributed by atoms with Crippen molar-refractivity contribution in [2.24, 2.45) is 11.1 Å². The molecule has 18 heavy (non-hydrogen) atoms. The van der Waals surface area contributed by atoms with Crippen LogP contribution in [0.5, 0.6) is 0 Å². The third-order valence-electron chi connectivity index (χ3n) is 4.94. The van der Waals surface area contributed by atoms with Crippen LogP contribution in [0, 0.1) is 5.41 Å². The number of rotatable bonds is 3. The van der Waals surface area contributed by atoms with E-state index in [-0.39, 0.29) is 5.54 Å². The van der Waals surface area contributed by atoms with Gasteiger partial charge in [-0.1, -0.05) is 20.8 Å². The summed E-state index contributed by atoms with van der Waals surface area (Å²) < 4.78 is 5.84. The van der Waals surface area contributed by atoms with Gasteiger partial charge in [-0.3, -0.25) is 4.90 Å². The van der Waals surface area contributed by atoms with Gasteiger partial charge in [0.15, 0.2) is 0 Å². The molecule has 0 bridgehead atoms.